The van der Waals surface area contributed by atoms with Gasteiger partial charge < -0.3 is 5.11 Å². The normalized spacial score (nSPS) is 10.2. The predicted molar refractivity (Wildman–Crippen MR) is 73.0 cm³/mol. The number of thiophene rings is 1. The summed E-state index contributed by atoms with van der Waals surface area (Å²) in [5.74, 6) is -3.13. The van der Waals surface area contributed by atoms with Crippen molar-refractivity contribution in [1.82, 2.24) is 4.98 Å². The Labute approximate surface area is 118 Å². The second kappa shape index (κ2) is 6.21. The SMILES string of the molecule is O=C(O)C(=O)CC(=O)c1sccc1Cc1ccccn1. The van der Waals surface area contributed by atoms with E-state index in [2.05, 4.69) is 4.98 Å². The predicted octanol–water partition coefficient (Wildman–Crippen LogP) is 1.96. The lowest BCUT2D eigenvalue weighted by molar-refractivity contribution is -0.148. The van der Waals surface area contributed by atoms with Gasteiger partial charge in [-0.1, -0.05) is 6.07 Å². The Morgan fingerprint density at radius 2 is 2.00 bits per heavy atom. The van der Waals surface area contributed by atoms with Crippen molar-refractivity contribution in [3.05, 3.63) is 52.0 Å². The Bertz CT molecular complexity index is 648. The average molecular weight is 289 g/mol. The van der Waals surface area contributed by atoms with E-state index in [1.165, 1.54) is 11.3 Å². The molecule has 0 unspecified atom stereocenters. The van der Waals surface area contributed by atoms with Crippen LogP contribution in [0.3, 0.4) is 0 Å². The summed E-state index contributed by atoms with van der Waals surface area (Å²) in [7, 11) is 0. The van der Waals surface area contributed by atoms with E-state index in [1.54, 1.807) is 23.7 Å². The Hall–Kier alpha value is -2.34. The molecule has 0 bridgehead atoms. The number of aliphatic carboxylic acids is 1. The number of pyridine rings is 1. The molecule has 0 aliphatic rings. The Morgan fingerprint density at radius 3 is 2.65 bits per heavy atom. The smallest absolute Gasteiger partial charge is 0.372 e. The third-order valence-electron chi connectivity index (χ3n) is 2.66. The number of hydrogen-bond acceptors (Lipinski definition) is 5. The Balaban J connectivity index is 2.14. The van der Waals surface area contributed by atoms with Gasteiger partial charge in [0.2, 0.25) is 5.78 Å². The van der Waals surface area contributed by atoms with Gasteiger partial charge in [0, 0.05) is 18.3 Å². The lowest BCUT2D eigenvalue weighted by atomic mass is 10.1. The van der Waals surface area contributed by atoms with Gasteiger partial charge in [-0.2, -0.15) is 0 Å². The number of hydrogen-bond donors (Lipinski definition) is 1. The number of carbonyl (C=O) groups excluding carboxylic acids is 2. The molecule has 6 heteroatoms. The van der Waals surface area contributed by atoms with E-state index in [9.17, 15) is 14.4 Å². The molecule has 5 nitrogen and oxygen atoms in total. The maximum absolute atomic E-state index is 11.9. The second-order valence-corrected chi connectivity index (χ2v) is 5.02. The fourth-order valence-electron chi connectivity index (χ4n) is 1.72. The van der Waals surface area contributed by atoms with Crippen molar-refractivity contribution in [1.29, 1.82) is 0 Å². The van der Waals surface area contributed by atoms with Crippen LogP contribution in [0.4, 0.5) is 0 Å². The van der Waals surface area contributed by atoms with Crippen molar-refractivity contribution in [3.63, 3.8) is 0 Å². The summed E-state index contributed by atoms with van der Waals surface area (Å²) in [6, 6.07) is 7.28. The summed E-state index contributed by atoms with van der Waals surface area (Å²) in [6.07, 6.45) is 1.54. The number of rotatable bonds is 6. The van der Waals surface area contributed by atoms with E-state index < -0.39 is 24.0 Å². The monoisotopic (exact) mass is 289 g/mol. The molecule has 2 heterocycles. The first-order valence-electron chi connectivity index (χ1n) is 5.83. The van der Waals surface area contributed by atoms with E-state index in [-0.39, 0.29) is 0 Å². The zero-order chi connectivity index (χ0) is 14.5. The van der Waals surface area contributed by atoms with E-state index in [0.29, 0.717) is 11.3 Å². The minimum Gasteiger partial charge on any atom is -0.475 e. The molecule has 0 amide bonds. The molecular formula is C14H11NO4S. The third kappa shape index (κ3) is 3.36. The highest BCUT2D eigenvalue weighted by Gasteiger charge is 2.21. The standard InChI is InChI=1S/C14H11NO4S/c16-11(8-12(17)14(18)19)13-9(4-6-20-13)7-10-3-1-2-5-15-10/h1-6H,7-8H2,(H,18,19). The topological polar surface area (TPSA) is 84.3 Å². The van der Waals surface area contributed by atoms with Crippen molar-refractivity contribution in [2.24, 2.45) is 0 Å². The van der Waals surface area contributed by atoms with Crippen molar-refractivity contribution in [2.75, 3.05) is 0 Å². The highest BCUT2D eigenvalue weighted by molar-refractivity contribution is 7.12. The number of Topliss-reactive ketones (excluding diaryl/α,β-unsaturated/α-hetero) is 2. The molecule has 2 aromatic heterocycles. The van der Waals surface area contributed by atoms with Crippen LogP contribution in [0.25, 0.3) is 0 Å². The van der Waals surface area contributed by atoms with Gasteiger partial charge >= 0.3 is 5.97 Å². The van der Waals surface area contributed by atoms with E-state index >= 15 is 0 Å². The van der Waals surface area contributed by atoms with Gasteiger partial charge in [-0.3, -0.25) is 14.6 Å². The molecule has 0 aliphatic carbocycles. The summed E-state index contributed by atoms with van der Waals surface area (Å²) < 4.78 is 0. The Kier molecular flexibility index (Phi) is 4.37. The van der Waals surface area contributed by atoms with Crippen LogP contribution in [0, 0.1) is 0 Å². The largest absolute Gasteiger partial charge is 0.475 e. The molecular weight excluding hydrogens is 278 g/mol. The number of nitrogens with zero attached hydrogens (tertiary/aromatic N) is 1. The highest BCUT2D eigenvalue weighted by atomic mass is 32.1. The van der Waals surface area contributed by atoms with Gasteiger partial charge in [0.15, 0.2) is 5.78 Å². The molecule has 0 saturated heterocycles. The van der Waals surface area contributed by atoms with Gasteiger partial charge in [-0.25, -0.2) is 4.79 Å². The molecule has 0 fully saturated rings. The average Bonchev–Trinajstić information content (AvgIpc) is 2.88. The number of carbonyl (C=O) groups is 3. The fraction of sp³-hybridized carbons (Fsp3) is 0.143. The van der Waals surface area contributed by atoms with Crippen LogP contribution < -0.4 is 0 Å². The van der Waals surface area contributed by atoms with E-state index in [0.717, 1.165) is 11.3 Å². The lowest BCUT2D eigenvalue weighted by Crippen LogP contribution is -2.17. The van der Waals surface area contributed by atoms with Gasteiger partial charge in [0.25, 0.3) is 0 Å². The summed E-state index contributed by atoms with van der Waals surface area (Å²) in [4.78, 5) is 38.1. The molecule has 0 aliphatic heterocycles. The van der Waals surface area contributed by atoms with Gasteiger partial charge in [-0.05, 0) is 29.1 Å². The van der Waals surface area contributed by atoms with Crippen molar-refractivity contribution >= 4 is 28.9 Å². The van der Waals surface area contributed by atoms with E-state index in [4.69, 9.17) is 5.11 Å². The molecule has 0 radical (unpaired) electrons. The Morgan fingerprint density at radius 1 is 1.20 bits per heavy atom. The number of ketones is 2. The van der Waals surface area contributed by atoms with Crippen LogP contribution in [0.15, 0.2) is 35.8 Å². The molecule has 0 aromatic carbocycles. The first-order chi connectivity index (χ1) is 9.58. The fourth-order valence-corrected chi connectivity index (χ4v) is 2.58. The maximum Gasteiger partial charge on any atom is 0.372 e. The minimum atomic E-state index is -1.58. The first kappa shape index (κ1) is 14.1. The first-order valence-corrected chi connectivity index (χ1v) is 6.71. The summed E-state index contributed by atoms with van der Waals surface area (Å²) >= 11 is 1.21. The van der Waals surface area contributed by atoms with Gasteiger partial charge in [0.1, 0.15) is 0 Å². The zero-order valence-electron chi connectivity index (χ0n) is 10.4. The van der Waals surface area contributed by atoms with Crippen LogP contribution in [0.2, 0.25) is 0 Å². The van der Waals surface area contributed by atoms with Crippen molar-refractivity contribution < 1.29 is 19.5 Å². The molecule has 0 atom stereocenters. The van der Waals surface area contributed by atoms with Gasteiger partial charge in [-0.15, -0.1) is 11.3 Å². The summed E-state index contributed by atoms with van der Waals surface area (Å²) in [5, 5.41) is 10.3. The molecule has 2 rings (SSSR count). The van der Waals surface area contributed by atoms with Crippen LogP contribution in [0.1, 0.15) is 27.3 Å². The van der Waals surface area contributed by atoms with Crippen LogP contribution >= 0.6 is 11.3 Å². The summed E-state index contributed by atoms with van der Waals surface area (Å²) in [6.45, 7) is 0. The van der Waals surface area contributed by atoms with Crippen LogP contribution in [0.5, 0.6) is 0 Å². The number of aromatic nitrogens is 1. The maximum atomic E-state index is 11.9. The molecule has 0 spiro atoms. The second-order valence-electron chi connectivity index (χ2n) is 4.10. The van der Waals surface area contributed by atoms with E-state index in [1.807, 2.05) is 12.1 Å². The van der Waals surface area contributed by atoms with Gasteiger partial charge in [0.05, 0.1) is 11.3 Å². The summed E-state index contributed by atoms with van der Waals surface area (Å²) in [5.41, 5.74) is 1.57. The van der Waals surface area contributed by atoms with Crippen molar-refractivity contribution in [3.8, 4) is 0 Å². The van der Waals surface area contributed by atoms with Crippen LogP contribution in [-0.4, -0.2) is 27.6 Å². The molecule has 20 heavy (non-hydrogen) atoms. The lowest BCUT2D eigenvalue weighted by Gasteiger charge is -2.02. The third-order valence-corrected chi connectivity index (χ3v) is 3.66. The molecule has 2 aromatic rings. The quantitative estimate of drug-likeness (QED) is 0.499. The highest BCUT2D eigenvalue weighted by Crippen LogP contribution is 2.21. The molecule has 102 valence electrons. The van der Waals surface area contributed by atoms with Crippen molar-refractivity contribution in [2.45, 2.75) is 12.8 Å². The molecule has 0 saturated carbocycles. The zero-order valence-corrected chi connectivity index (χ0v) is 11.2. The molecule has 1 N–H and O–H groups in total. The number of carboxylic acids is 1. The number of carboxylic acid groups (broad SMARTS) is 1. The minimum absolute atomic E-state index is 0.422. The van der Waals surface area contributed by atoms with Crippen LogP contribution in [-0.2, 0) is 16.0 Å².